The molecule has 2 aromatic rings. The number of hydrogen-bond acceptors (Lipinski definition) is 2. The van der Waals surface area contributed by atoms with Gasteiger partial charge in [-0.3, -0.25) is 4.98 Å². The molecule has 0 N–H and O–H groups in total. The molecule has 0 atom stereocenters. The van der Waals surface area contributed by atoms with E-state index < -0.39 is 0 Å². The Balaban J connectivity index is 1.97. The van der Waals surface area contributed by atoms with E-state index in [0.29, 0.717) is 0 Å². The van der Waals surface area contributed by atoms with Crippen LogP contribution >= 0.6 is 0 Å². The van der Waals surface area contributed by atoms with Crippen molar-refractivity contribution < 1.29 is 0 Å². The molecule has 2 nitrogen and oxygen atoms in total. The summed E-state index contributed by atoms with van der Waals surface area (Å²) in [5.41, 5.74) is 6.01. The summed E-state index contributed by atoms with van der Waals surface area (Å²) in [5.74, 6) is 0. The Morgan fingerprint density at radius 3 is 2.72 bits per heavy atom. The summed E-state index contributed by atoms with van der Waals surface area (Å²) in [5, 5.41) is 0. The maximum absolute atomic E-state index is 4.55. The van der Waals surface area contributed by atoms with Gasteiger partial charge < -0.3 is 4.90 Å². The van der Waals surface area contributed by atoms with Gasteiger partial charge in [-0.25, -0.2) is 0 Å². The van der Waals surface area contributed by atoms with Crippen molar-refractivity contribution in [1.82, 2.24) is 4.98 Å². The van der Waals surface area contributed by atoms with Crippen LogP contribution < -0.4 is 4.90 Å². The molecule has 3 rings (SSSR count). The highest BCUT2D eigenvalue weighted by molar-refractivity contribution is 5.64. The van der Waals surface area contributed by atoms with Crippen molar-refractivity contribution in [3.8, 4) is 0 Å². The second-order valence-electron chi connectivity index (χ2n) is 4.73. The summed E-state index contributed by atoms with van der Waals surface area (Å²) in [4.78, 5) is 6.82. The SMILES string of the molecule is Cc1ccc2c(n1)C=CN(c1ccccc1C)C2. The molecule has 0 radical (unpaired) electrons. The van der Waals surface area contributed by atoms with E-state index in [-0.39, 0.29) is 0 Å². The van der Waals surface area contributed by atoms with Gasteiger partial charge in [-0.2, -0.15) is 0 Å². The molecule has 0 aliphatic carbocycles. The number of benzene rings is 1. The van der Waals surface area contributed by atoms with Gasteiger partial charge in [-0.1, -0.05) is 24.3 Å². The number of aryl methyl sites for hydroxylation is 2. The summed E-state index contributed by atoms with van der Waals surface area (Å²) >= 11 is 0. The Bertz CT molecular complexity index is 614. The van der Waals surface area contributed by atoms with E-state index in [1.54, 1.807) is 0 Å². The fourth-order valence-corrected chi connectivity index (χ4v) is 2.33. The van der Waals surface area contributed by atoms with Gasteiger partial charge in [0.25, 0.3) is 0 Å². The highest BCUT2D eigenvalue weighted by atomic mass is 15.1. The van der Waals surface area contributed by atoms with Gasteiger partial charge in [0.15, 0.2) is 0 Å². The Kier molecular flexibility index (Phi) is 2.63. The molecule has 18 heavy (non-hydrogen) atoms. The first-order valence-electron chi connectivity index (χ1n) is 6.21. The van der Waals surface area contributed by atoms with Crippen molar-refractivity contribution in [1.29, 1.82) is 0 Å². The summed E-state index contributed by atoms with van der Waals surface area (Å²) in [6, 6.07) is 12.7. The molecule has 1 aromatic carbocycles. The molecule has 0 spiro atoms. The van der Waals surface area contributed by atoms with Crippen LogP contribution in [0.1, 0.15) is 22.5 Å². The molecule has 0 saturated heterocycles. The van der Waals surface area contributed by atoms with Gasteiger partial charge in [0.2, 0.25) is 0 Å². The largest absolute Gasteiger partial charge is 0.343 e. The van der Waals surface area contributed by atoms with Crippen LogP contribution in [0.2, 0.25) is 0 Å². The zero-order chi connectivity index (χ0) is 12.5. The van der Waals surface area contributed by atoms with Crippen LogP contribution in [0.15, 0.2) is 42.6 Å². The Hall–Kier alpha value is -2.09. The topological polar surface area (TPSA) is 16.1 Å². The van der Waals surface area contributed by atoms with E-state index >= 15 is 0 Å². The summed E-state index contributed by atoms with van der Waals surface area (Å²) in [7, 11) is 0. The molecular weight excluding hydrogens is 220 g/mol. The van der Waals surface area contributed by atoms with E-state index in [1.165, 1.54) is 16.8 Å². The van der Waals surface area contributed by atoms with Crippen LogP contribution in [0.3, 0.4) is 0 Å². The van der Waals surface area contributed by atoms with Crippen molar-refractivity contribution in [2.75, 3.05) is 4.90 Å². The lowest BCUT2D eigenvalue weighted by atomic mass is 10.1. The molecule has 0 saturated carbocycles. The molecule has 0 amide bonds. The molecule has 2 heterocycles. The first-order chi connectivity index (χ1) is 8.74. The average Bonchev–Trinajstić information content (AvgIpc) is 2.39. The monoisotopic (exact) mass is 236 g/mol. The van der Waals surface area contributed by atoms with Crippen LogP contribution in [0.25, 0.3) is 6.08 Å². The highest BCUT2D eigenvalue weighted by Gasteiger charge is 2.14. The van der Waals surface area contributed by atoms with Crippen LogP contribution in [0, 0.1) is 13.8 Å². The number of rotatable bonds is 1. The molecule has 0 unspecified atom stereocenters. The van der Waals surface area contributed by atoms with Gasteiger partial charge in [-0.15, -0.1) is 0 Å². The lowest BCUT2D eigenvalue weighted by molar-refractivity contribution is 0.926. The zero-order valence-electron chi connectivity index (χ0n) is 10.7. The number of hydrogen-bond donors (Lipinski definition) is 0. The molecule has 2 heteroatoms. The van der Waals surface area contributed by atoms with Crippen LogP contribution in [-0.4, -0.2) is 4.98 Å². The molecule has 0 bridgehead atoms. The van der Waals surface area contributed by atoms with E-state index in [9.17, 15) is 0 Å². The number of pyridine rings is 1. The second-order valence-corrected chi connectivity index (χ2v) is 4.73. The highest BCUT2D eigenvalue weighted by Crippen LogP contribution is 2.26. The van der Waals surface area contributed by atoms with Gasteiger partial charge in [0, 0.05) is 24.1 Å². The molecular formula is C16H16N2. The Labute approximate surface area is 108 Å². The quantitative estimate of drug-likeness (QED) is 0.750. The van der Waals surface area contributed by atoms with E-state index in [1.807, 2.05) is 6.92 Å². The number of fused-ring (bicyclic) bond motifs is 1. The van der Waals surface area contributed by atoms with E-state index in [0.717, 1.165) is 17.9 Å². The third-order valence-electron chi connectivity index (χ3n) is 3.33. The zero-order valence-corrected chi connectivity index (χ0v) is 10.7. The van der Waals surface area contributed by atoms with Gasteiger partial charge in [0.05, 0.1) is 5.69 Å². The minimum absolute atomic E-state index is 0.893. The fourth-order valence-electron chi connectivity index (χ4n) is 2.33. The standard InChI is InChI=1S/C16H16N2/c1-12-5-3-4-6-16(12)18-10-9-15-14(11-18)8-7-13(2)17-15/h3-10H,11H2,1-2H3. The first kappa shape index (κ1) is 11.0. The van der Waals surface area contributed by atoms with Crippen molar-refractivity contribution >= 4 is 11.8 Å². The number of nitrogens with zero attached hydrogens (tertiary/aromatic N) is 2. The van der Waals surface area contributed by atoms with Crippen molar-refractivity contribution in [3.63, 3.8) is 0 Å². The molecule has 90 valence electrons. The Morgan fingerprint density at radius 1 is 1.06 bits per heavy atom. The predicted octanol–water partition coefficient (Wildman–Crippen LogP) is 3.69. The smallest absolute Gasteiger partial charge is 0.0697 e. The normalized spacial score (nSPS) is 13.6. The van der Waals surface area contributed by atoms with Gasteiger partial charge in [0.1, 0.15) is 0 Å². The summed E-state index contributed by atoms with van der Waals surface area (Å²) in [6.45, 7) is 5.07. The summed E-state index contributed by atoms with van der Waals surface area (Å²) < 4.78 is 0. The minimum atomic E-state index is 0.893. The van der Waals surface area contributed by atoms with Crippen LogP contribution in [0.4, 0.5) is 5.69 Å². The average molecular weight is 236 g/mol. The first-order valence-corrected chi connectivity index (χ1v) is 6.21. The van der Waals surface area contributed by atoms with Crippen molar-refractivity contribution in [2.45, 2.75) is 20.4 Å². The van der Waals surface area contributed by atoms with Gasteiger partial charge in [-0.05, 0) is 43.2 Å². The predicted molar refractivity (Wildman–Crippen MR) is 75.4 cm³/mol. The minimum Gasteiger partial charge on any atom is -0.343 e. The lowest BCUT2D eigenvalue weighted by Crippen LogP contribution is -2.20. The molecule has 1 aromatic heterocycles. The van der Waals surface area contributed by atoms with Crippen molar-refractivity contribution in [2.24, 2.45) is 0 Å². The summed E-state index contributed by atoms with van der Waals surface area (Å²) in [6.07, 6.45) is 4.22. The third-order valence-corrected chi connectivity index (χ3v) is 3.33. The molecule has 1 aliphatic rings. The molecule has 0 fully saturated rings. The maximum Gasteiger partial charge on any atom is 0.0697 e. The third kappa shape index (κ3) is 1.90. The van der Waals surface area contributed by atoms with Gasteiger partial charge >= 0.3 is 0 Å². The Morgan fingerprint density at radius 2 is 1.89 bits per heavy atom. The number of aromatic nitrogens is 1. The van der Waals surface area contributed by atoms with E-state index in [4.69, 9.17) is 0 Å². The van der Waals surface area contributed by atoms with Crippen molar-refractivity contribution in [3.05, 3.63) is 65.1 Å². The number of anilines is 1. The van der Waals surface area contributed by atoms with Crippen LogP contribution in [-0.2, 0) is 6.54 Å². The molecule has 1 aliphatic heterocycles. The lowest BCUT2D eigenvalue weighted by Gasteiger charge is -2.26. The second kappa shape index (κ2) is 4.30. The van der Waals surface area contributed by atoms with E-state index in [2.05, 4.69) is 65.5 Å². The maximum atomic E-state index is 4.55. The fraction of sp³-hybridized carbons (Fsp3) is 0.188. The number of para-hydroxylation sites is 1. The van der Waals surface area contributed by atoms with Crippen LogP contribution in [0.5, 0.6) is 0 Å².